The monoisotopic (exact) mass is 923 g/mol. The molecule has 0 bridgehead atoms. The topological polar surface area (TPSA) is 416 Å². The molecule has 8 unspecified atom stereocenters. The minimum atomic E-state index is -5.58. The summed E-state index contributed by atoms with van der Waals surface area (Å²) in [6.45, 7) is 1.03. The van der Waals surface area contributed by atoms with Crippen LogP contribution in [-0.4, -0.2) is 135 Å². The number of carbonyl (C=O) groups is 3. The Morgan fingerprint density at radius 3 is 2.37 bits per heavy atom. The van der Waals surface area contributed by atoms with Crippen molar-refractivity contribution in [2.75, 3.05) is 44.3 Å². The molecule has 26 nitrogen and oxygen atoms in total. The lowest BCUT2D eigenvalue weighted by Crippen LogP contribution is -2.46. The van der Waals surface area contributed by atoms with Crippen molar-refractivity contribution in [1.29, 1.82) is 0 Å². The molecule has 8 atom stereocenters. The highest BCUT2D eigenvalue weighted by Gasteiger charge is 2.50. The van der Waals surface area contributed by atoms with Crippen LogP contribution in [0.25, 0.3) is 11.2 Å². The second kappa shape index (κ2) is 22.5. The van der Waals surface area contributed by atoms with Crippen LogP contribution in [0.4, 0.5) is 5.82 Å². The predicted octanol–water partition coefficient (Wildman–Crippen LogP) is -1.10. The highest BCUT2D eigenvalue weighted by Crippen LogP contribution is 2.61. The smallest absolute Gasteiger partial charge is 0.386 e. The summed E-state index contributed by atoms with van der Waals surface area (Å²) < 4.78 is 62.2. The van der Waals surface area contributed by atoms with Crippen LogP contribution in [0.3, 0.4) is 0 Å². The van der Waals surface area contributed by atoms with Gasteiger partial charge in [-0.1, -0.05) is 44.9 Å². The first-order valence-electron chi connectivity index (χ1n) is 18.0. The van der Waals surface area contributed by atoms with Crippen molar-refractivity contribution in [2.45, 2.75) is 89.1 Å². The second-order valence-electron chi connectivity index (χ2n) is 13.8. The average molecular weight is 924 g/mol. The molecule has 0 spiro atoms. The number of aromatic nitrogens is 4. The Morgan fingerprint density at radius 1 is 1.02 bits per heavy atom. The van der Waals surface area contributed by atoms with Crippen molar-refractivity contribution >= 4 is 69.1 Å². The molecule has 0 aromatic carbocycles. The third-order valence-electron chi connectivity index (χ3n) is 8.52. The van der Waals surface area contributed by atoms with Gasteiger partial charge in [0, 0.05) is 30.7 Å². The van der Waals surface area contributed by atoms with Crippen LogP contribution in [0, 0.1) is 5.41 Å². The van der Waals surface area contributed by atoms with Crippen LogP contribution < -0.4 is 27.8 Å². The first-order valence-corrected chi connectivity index (χ1v) is 23.5. The molecule has 0 radical (unpaired) electrons. The fraction of sp³-hybridized carbons (Fsp3) is 0.724. The van der Waals surface area contributed by atoms with Crippen LogP contribution in [0.5, 0.6) is 0 Å². The van der Waals surface area contributed by atoms with E-state index in [2.05, 4.69) is 34.4 Å². The third kappa shape index (κ3) is 16.4. The Labute approximate surface area is 342 Å². The molecule has 3 rings (SSSR count). The van der Waals surface area contributed by atoms with E-state index in [1.165, 1.54) is 13.8 Å². The summed E-state index contributed by atoms with van der Waals surface area (Å²) in [4.78, 5) is 88.0. The summed E-state index contributed by atoms with van der Waals surface area (Å²) in [7, 11) is -16.4. The number of phosphoric acid groups is 3. The van der Waals surface area contributed by atoms with E-state index in [1.807, 2.05) is 0 Å². The van der Waals surface area contributed by atoms with Gasteiger partial charge in [0.1, 0.15) is 36.3 Å². The predicted molar refractivity (Wildman–Crippen MR) is 207 cm³/mol. The van der Waals surface area contributed by atoms with Gasteiger partial charge in [0.2, 0.25) is 16.9 Å². The average Bonchev–Trinajstić information content (AvgIpc) is 3.71. The maximum absolute atomic E-state index is 12.7. The zero-order valence-electron chi connectivity index (χ0n) is 32.0. The van der Waals surface area contributed by atoms with Crippen molar-refractivity contribution in [2.24, 2.45) is 16.9 Å². The number of unbranched alkanes of at least 4 members (excludes halogenated alkanes) is 3. The second-order valence-corrected chi connectivity index (χ2v) is 19.2. The maximum atomic E-state index is 12.7. The van der Waals surface area contributed by atoms with E-state index in [0.717, 1.165) is 54.7 Å². The molecule has 336 valence electrons. The number of amides is 2. The summed E-state index contributed by atoms with van der Waals surface area (Å²) in [6, 6.07) is -0.606. The number of fused-ring (bicyclic) bond motifs is 1. The molecule has 1 fully saturated rings. The van der Waals surface area contributed by atoms with Gasteiger partial charge in [0.05, 0.1) is 25.6 Å². The van der Waals surface area contributed by atoms with Gasteiger partial charge in [-0.3, -0.25) is 32.5 Å². The molecule has 2 aromatic rings. The number of phosphoric ester groups is 3. The van der Waals surface area contributed by atoms with E-state index in [4.69, 9.17) is 31.0 Å². The minimum Gasteiger partial charge on any atom is -0.386 e. The number of hydrogen-bond acceptors (Lipinski definition) is 20. The number of nitrogen functional groups attached to an aromatic ring is 1. The zero-order valence-corrected chi connectivity index (χ0v) is 35.5. The zero-order chi connectivity index (χ0) is 44.2. The van der Waals surface area contributed by atoms with Gasteiger partial charge in [0.15, 0.2) is 17.7 Å². The number of ether oxygens (including phenoxy) is 1. The molecule has 59 heavy (non-hydrogen) atoms. The van der Waals surface area contributed by atoms with Gasteiger partial charge in [-0.2, -0.15) is 4.31 Å². The number of carbonyl (C=O) groups excluding carboxylic acids is 3. The van der Waals surface area contributed by atoms with Crippen LogP contribution in [0.2, 0.25) is 0 Å². The van der Waals surface area contributed by atoms with Crippen molar-refractivity contribution < 1.29 is 80.5 Å². The van der Waals surface area contributed by atoms with Crippen LogP contribution >= 0.6 is 35.2 Å². The number of rotatable bonds is 26. The van der Waals surface area contributed by atoms with Crippen molar-refractivity contribution in [3.05, 3.63) is 12.7 Å². The van der Waals surface area contributed by atoms with Crippen molar-refractivity contribution in [1.82, 2.24) is 30.2 Å². The fourth-order valence-corrected chi connectivity index (χ4v) is 8.94. The lowest BCUT2D eigenvalue weighted by molar-refractivity contribution is -0.137. The summed E-state index contributed by atoms with van der Waals surface area (Å²) in [6.07, 6.45) is -2.77. The lowest BCUT2D eigenvalue weighted by atomic mass is 9.87. The Morgan fingerprint density at radius 2 is 1.69 bits per heavy atom. The number of thioether (sulfide) groups is 1. The number of aliphatic hydroxyl groups is 2. The van der Waals surface area contributed by atoms with Crippen molar-refractivity contribution in [3.8, 4) is 0 Å². The molecule has 1 aliphatic heterocycles. The summed E-state index contributed by atoms with van der Waals surface area (Å²) in [5.41, 5.74) is 15.6. The highest BCUT2D eigenvalue weighted by molar-refractivity contribution is 8.13. The molecule has 0 saturated carbocycles. The number of nitrogens with zero attached hydrogens (tertiary/aromatic N) is 4. The Kier molecular flexibility index (Phi) is 19.4. The highest BCUT2D eigenvalue weighted by atomic mass is 32.2. The van der Waals surface area contributed by atoms with E-state index < -0.39 is 90.6 Å². The molecule has 14 N–H and O–H groups in total. The lowest BCUT2D eigenvalue weighted by Gasteiger charge is -2.30. The Balaban J connectivity index is 1.44. The van der Waals surface area contributed by atoms with Crippen LogP contribution in [-0.2, 0) is 50.7 Å². The Bertz CT molecular complexity index is 1870. The van der Waals surface area contributed by atoms with E-state index in [-0.39, 0.29) is 47.4 Å². The molecule has 2 aromatic heterocycles. The largest absolute Gasteiger partial charge is 0.481 e. The number of nitrogens with one attached hydrogen (secondary N) is 2. The van der Waals surface area contributed by atoms with Crippen LogP contribution in [0.15, 0.2) is 12.7 Å². The number of imidazole rings is 1. The maximum Gasteiger partial charge on any atom is 0.481 e. The van der Waals surface area contributed by atoms with Gasteiger partial charge in [-0.15, -0.1) is 0 Å². The molecule has 2 amide bonds. The van der Waals surface area contributed by atoms with Gasteiger partial charge in [-0.25, -0.2) is 28.6 Å². The molecule has 1 saturated heterocycles. The van der Waals surface area contributed by atoms with Gasteiger partial charge in [0.25, 0.3) is 0 Å². The fourth-order valence-electron chi connectivity index (χ4n) is 5.37. The van der Waals surface area contributed by atoms with E-state index in [9.17, 15) is 57.9 Å². The molecule has 30 heteroatoms. The van der Waals surface area contributed by atoms with E-state index >= 15 is 0 Å². The molecule has 3 heterocycles. The van der Waals surface area contributed by atoms with E-state index in [0.29, 0.717) is 13.0 Å². The summed E-state index contributed by atoms with van der Waals surface area (Å²) in [5, 5.41) is 26.2. The Hall–Kier alpha value is -2.52. The van der Waals surface area contributed by atoms with Gasteiger partial charge >= 0.3 is 23.5 Å². The quantitative estimate of drug-likeness (QED) is 0.0394. The SMILES string of the molecule is CC(C)(COP(=O)(O)OP(=O)(O)OCC1OC(n2cnc3c(N)ncnc32)C(O)C1OP(=O)(O)O)C(O)C(=O)NCCC(=O)NCCSC(=O)C(N)CCCCCCN. The molecular formula is C29H52N9O17P3S. The molecule has 0 aliphatic carbocycles. The van der Waals surface area contributed by atoms with Gasteiger partial charge in [-0.05, 0) is 19.4 Å². The van der Waals surface area contributed by atoms with E-state index in [1.54, 1.807) is 0 Å². The number of nitrogens with two attached hydrogens (primary N) is 3. The standard InChI is InChI=1S/C29H52N9O17P3S/c1-29(2,23(41)26(42)34-10-8-19(39)33-11-12-59-28(43)17(31)7-5-3-4-6-9-30)14-52-58(49,50)55-57(47,48)51-13-18-22(54-56(44,45)46)21(40)27(53-18)38-16-37-20-24(32)35-15-36-25(20)38/h15-18,21-23,27,40-41H,3-14,30-31H2,1-2H3,(H,33,39)(H,34,42)(H,47,48)(H,49,50)(H2,32,35,36)(H2,44,45,46). The van der Waals surface area contributed by atoms with Crippen LogP contribution in [0.1, 0.15) is 58.6 Å². The third-order valence-corrected chi connectivity index (χ3v) is 12.6. The number of anilines is 1. The van der Waals surface area contributed by atoms with Gasteiger partial charge < -0.3 is 62.4 Å². The first kappa shape index (κ1) is 50.8. The van der Waals surface area contributed by atoms with Crippen molar-refractivity contribution in [3.63, 3.8) is 0 Å². The summed E-state index contributed by atoms with van der Waals surface area (Å²) in [5.74, 6) is -1.20. The number of aliphatic hydroxyl groups excluding tert-OH is 2. The normalized spacial score (nSPS) is 21.7. The molecule has 1 aliphatic rings. The first-order chi connectivity index (χ1) is 27.5. The molecular weight excluding hydrogens is 871 g/mol. The summed E-state index contributed by atoms with van der Waals surface area (Å²) >= 11 is 1.00. The number of hydrogen-bond donors (Lipinski definition) is 11. The minimum absolute atomic E-state index is 0.0276.